The topological polar surface area (TPSA) is 49.6 Å². The second-order valence-corrected chi connectivity index (χ2v) is 6.34. The van der Waals surface area contributed by atoms with E-state index in [1.165, 1.54) is 11.3 Å². The van der Waals surface area contributed by atoms with Crippen LogP contribution in [0.5, 0.6) is 0 Å². The molecule has 1 amide bonds. The van der Waals surface area contributed by atoms with Gasteiger partial charge in [-0.1, -0.05) is 24.6 Å². The van der Waals surface area contributed by atoms with E-state index in [2.05, 4.69) is 36.2 Å². The summed E-state index contributed by atoms with van der Waals surface area (Å²) in [7, 11) is 2.10. The van der Waals surface area contributed by atoms with Crippen LogP contribution in [0.2, 0.25) is 0 Å². The molecule has 1 aliphatic heterocycles. The molecule has 130 valence electrons. The molecule has 0 aromatic heterocycles. The Hall–Kier alpha value is -0.970. The first kappa shape index (κ1) is 20.1. The molecule has 0 unspecified atom stereocenters. The van der Waals surface area contributed by atoms with Crippen LogP contribution in [0.15, 0.2) is 24.3 Å². The number of nitrogens with zero attached hydrogens (tertiary/aromatic N) is 2. The highest BCUT2D eigenvalue weighted by Crippen LogP contribution is 2.33. The molecule has 1 aromatic rings. The van der Waals surface area contributed by atoms with Crippen molar-refractivity contribution in [3.63, 3.8) is 0 Å². The molecule has 1 heterocycles. The Morgan fingerprint density at radius 1 is 1.22 bits per heavy atom. The average Bonchev–Trinajstić information content (AvgIpc) is 2.92. The highest BCUT2D eigenvalue weighted by atomic mass is 35.5. The quantitative estimate of drug-likeness (QED) is 0.882. The smallest absolute Gasteiger partial charge is 0.226 e. The number of hydrogen-bond donors (Lipinski definition) is 1. The highest BCUT2D eigenvalue weighted by molar-refractivity contribution is 5.85. The summed E-state index contributed by atoms with van der Waals surface area (Å²) in [6.07, 6.45) is 3.26. The van der Waals surface area contributed by atoms with Gasteiger partial charge in [0, 0.05) is 38.3 Å². The van der Waals surface area contributed by atoms with Gasteiger partial charge >= 0.3 is 0 Å². The lowest BCUT2D eigenvalue weighted by molar-refractivity contribution is -0.137. The number of likely N-dealkylation sites (N-methyl/N-ethyl adjacent to an activating group) is 1. The number of carbonyl (C=O) groups is 1. The zero-order chi connectivity index (χ0) is 14.8. The van der Waals surface area contributed by atoms with E-state index in [1.54, 1.807) is 0 Å². The lowest BCUT2D eigenvalue weighted by Gasteiger charge is -2.27. The summed E-state index contributed by atoms with van der Waals surface area (Å²) in [5.41, 5.74) is 8.33. The van der Waals surface area contributed by atoms with Gasteiger partial charge in [-0.15, -0.1) is 24.8 Å². The Balaban J connectivity index is 0.00000132. The maximum atomic E-state index is 12.9. The van der Waals surface area contributed by atoms with Gasteiger partial charge in [-0.3, -0.25) is 4.79 Å². The molecule has 6 heteroatoms. The number of para-hydroxylation sites is 1. The Morgan fingerprint density at radius 3 is 2.70 bits per heavy atom. The lowest BCUT2D eigenvalue weighted by atomic mass is 9.94. The molecule has 1 fully saturated rings. The van der Waals surface area contributed by atoms with E-state index in [4.69, 9.17) is 5.73 Å². The van der Waals surface area contributed by atoms with Crippen LogP contribution in [-0.2, 0) is 11.3 Å². The van der Waals surface area contributed by atoms with Gasteiger partial charge < -0.3 is 15.5 Å². The maximum Gasteiger partial charge on any atom is 0.226 e. The third-order valence-corrected chi connectivity index (χ3v) is 5.06. The monoisotopic (exact) mass is 359 g/mol. The number of hydrogen-bond acceptors (Lipinski definition) is 3. The van der Waals surface area contributed by atoms with E-state index < -0.39 is 0 Å². The summed E-state index contributed by atoms with van der Waals surface area (Å²) < 4.78 is 0. The van der Waals surface area contributed by atoms with Gasteiger partial charge in [0.05, 0.1) is 0 Å². The van der Waals surface area contributed by atoms with Gasteiger partial charge in [0.2, 0.25) is 5.91 Å². The minimum Gasteiger partial charge on any atom is -0.373 e. The van der Waals surface area contributed by atoms with E-state index in [0.29, 0.717) is 18.4 Å². The van der Waals surface area contributed by atoms with E-state index >= 15 is 0 Å². The summed E-state index contributed by atoms with van der Waals surface area (Å²) >= 11 is 0. The van der Waals surface area contributed by atoms with Gasteiger partial charge in [0.1, 0.15) is 0 Å². The van der Waals surface area contributed by atoms with Crippen molar-refractivity contribution in [2.75, 3.05) is 31.6 Å². The molecule has 0 saturated heterocycles. The number of benzene rings is 1. The standard InChI is InChI=1S/C17H25N3O.2ClH/c1-19-9-10-20(12-14-5-2-3-8-16(14)19)17(21)15-7-4-6-13(15)11-18;;/h2-3,5,8,13,15H,4,6-7,9-12,18H2,1H3;2*1H/t13-,15-;;/m1../s1. The molecule has 4 nitrogen and oxygen atoms in total. The summed E-state index contributed by atoms with van der Waals surface area (Å²) in [5, 5.41) is 0. The minimum atomic E-state index is 0. The maximum absolute atomic E-state index is 12.9. The van der Waals surface area contributed by atoms with Crippen LogP contribution < -0.4 is 10.6 Å². The van der Waals surface area contributed by atoms with Crippen LogP contribution in [-0.4, -0.2) is 37.5 Å². The van der Waals surface area contributed by atoms with E-state index in [0.717, 1.165) is 38.9 Å². The molecule has 23 heavy (non-hydrogen) atoms. The van der Waals surface area contributed by atoms with Crippen molar-refractivity contribution in [1.29, 1.82) is 0 Å². The van der Waals surface area contributed by atoms with Gasteiger partial charge in [-0.2, -0.15) is 0 Å². The van der Waals surface area contributed by atoms with Crippen LogP contribution >= 0.6 is 24.8 Å². The summed E-state index contributed by atoms with van der Waals surface area (Å²) in [4.78, 5) is 17.2. The van der Waals surface area contributed by atoms with Crippen molar-refractivity contribution in [1.82, 2.24) is 4.90 Å². The highest BCUT2D eigenvalue weighted by Gasteiger charge is 2.35. The Bertz CT molecular complexity index is 526. The predicted octanol–water partition coefficient (Wildman–Crippen LogP) is 2.68. The molecule has 3 rings (SSSR count). The molecule has 2 N–H and O–H groups in total. The molecular weight excluding hydrogens is 333 g/mol. The number of carbonyl (C=O) groups excluding carboxylic acids is 1. The lowest BCUT2D eigenvalue weighted by Crippen LogP contribution is -2.40. The summed E-state index contributed by atoms with van der Waals surface area (Å²) in [6, 6.07) is 8.39. The van der Waals surface area contributed by atoms with Gasteiger partial charge in [0.15, 0.2) is 0 Å². The van der Waals surface area contributed by atoms with Crippen LogP contribution in [0.1, 0.15) is 24.8 Å². The zero-order valence-electron chi connectivity index (χ0n) is 13.6. The zero-order valence-corrected chi connectivity index (χ0v) is 15.2. The fourth-order valence-corrected chi connectivity index (χ4v) is 3.76. The fraction of sp³-hybridized carbons (Fsp3) is 0.588. The van der Waals surface area contributed by atoms with Crippen molar-refractivity contribution in [3.8, 4) is 0 Å². The fourth-order valence-electron chi connectivity index (χ4n) is 3.76. The van der Waals surface area contributed by atoms with Crippen molar-refractivity contribution in [2.45, 2.75) is 25.8 Å². The van der Waals surface area contributed by atoms with Gasteiger partial charge in [0.25, 0.3) is 0 Å². The van der Waals surface area contributed by atoms with Crippen molar-refractivity contribution < 1.29 is 4.79 Å². The molecule has 1 aliphatic carbocycles. The van der Waals surface area contributed by atoms with Crippen LogP contribution in [0, 0.1) is 11.8 Å². The third kappa shape index (κ3) is 4.11. The number of rotatable bonds is 2. The van der Waals surface area contributed by atoms with E-state index in [9.17, 15) is 4.79 Å². The molecule has 0 bridgehead atoms. The van der Waals surface area contributed by atoms with Gasteiger partial charge in [-0.05, 0) is 36.9 Å². The Morgan fingerprint density at radius 2 is 1.96 bits per heavy atom. The largest absolute Gasteiger partial charge is 0.373 e. The predicted molar refractivity (Wildman–Crippen MR) is 99.5 cm³/mol. The molecule has 1 aromatic carbocycles. The SMILES string of the molecule is CN1CCN(C(=O)[C@@H]2CCC[C@@H]2CN)Cc2ccccc21.Cl.Cl. The van der Waals surface area contributed by atoms with E-state index in [1.807, 2.05) is 4.90 Å². The first-order valence-electron chi connectivity index (χ1n) is 7.98. The van der Waals surface area contributed by atoms with Crippen LogP contribution in [0.25, 0.3) is 0 Å². The summed E-state index contributed by atoms with van der Waals surface area (Å²) in [5.74, 6) is 0.840. The van der Waals surface area contributed by atoms with Crippen LogP contribution in [0.4, 0.5) is 5.69 Å². The number of halogens is 2. The van der Waals surface area contributed by atoms with Crippen molar-refractivity contribution in [3.05, 3.63) is 29.8 Å². The first-order chi connectivity index (χ1) is 10.2. The number of fused-ring (bicyclic) bond motifs is 1. The molecule has 0 radical (unpaired) electrons. The second kappa shape index (κ2) is 8.76. The first-order valence-corrected chi connectivity index (χ1v) is 7.98. The van der Waals surface area contributed by atoms with Crippen molar-refractivity contribution >= 4 is 36.4 Å². The molecule has 1 saturated carbocycles. The normalized spacial score (nSPS) is 23.4. The Labute approximate surface area is 151 Å². The molecular formula is C17H27Cl2N3O. The molecule has 2 atom stereocenters. The Kier molecular flexibility index (Phi) is 7.65. The molecule has 2 aliphatic rings. The minimum absolute atomic E-state index is 0. The third-order valence-electron chi connectivity index (χ3n) is 5.06. The number of anilines is 1. The number of amides is 1. The number of nitrogens with two attached hydrogens (primary N) is 1. The van der Waals surface area contributed by atoms with Crippen LogP contribution in [0.3, 0.4) is 0 Å². The average molecular weight is 360 g/mol. The van der Waals surface area contributed by atoms with Gasteiger partial charge in [-0.25, -0.2) is 0 Å². The summed E-state index contributed by atoms with van der Waals surface area (Å²) in [6.45, 7) is 3.06. The van der Waals surface area contributed by atoms with Crippen molar-refractivity contribution in [2.24, 2.45) is 17.6 Å². The van der Waals surface area contributed by atoms with E-state index in [-0.39, 0.29) is 30.7 Å². The second-order valence-electron chi connectivity index (χ2n) is 6.34. The molecule has 0 spiro atoms.